The van der Waals surface area contributed by atoms with Gasteiger partial charge in [-0.3, -0.25) is 9.80 Å². The molecule has 3 aromatic carbocycles. The molecule has 1 N–H and O–H groups in total. The van der Waals surface area contributed by atoms with E-state index in [1.165, 1.54) is 10.8 Å². The lowest BCUT2D eigenvalue weighted by Crippen LogP contribution is -2.48. The minimum absolute atomic E-state index is 0.179. The van der Waals surface area contributed by atoms with E-state index in [1.54, 1.807) is 12.1 Å². The molecule has 2 heterocycles. The number of piperazine rings is 1. The third kappa shape index (κ3) is 5.67. The predicted octanol–water partition coefficient (Wildman–Crippen LogP) is 5.34. The van der Waals surface area contributed by atoms with E-state index in [0.717, 1.165) is 53.8 Å². The molecule has 1 aliphatic heterocycles. The fourth-order valence-corrected chi connectivity index (χ4v) is 5.31. The fraction of sp³-hybridized carbons (Fsp3) is 0.333. The summed E-state index contributed by atoms with van der Waals surface area (Å²) in [4.78, 5) is 4.65. The first-order valence-corrected chi connectivity index (χ1v) is 12.6. The van der Waals surface area contributed by atoms with Crippen molar-refractivity contribution < 1.29 is 18.6 Å². The zero-order valence-corrected chi connectivity index (χ0v) is 20.9. The number of nitrogens with zero attached hydrogens (tertiary/aromatic N) is 3. The van der Waals surface area contributed by atoms with E-state index in [2.05, 4.69) is 65.4 Å². The number of aliphatic hydroxyl groups excluding tert-OH is 1. The summed E-state index contributed by atoms with van der Waals surface area (Å²) in [6, 6.07) is 21.5. The van der Waals surface area contributed by atoms with E-state index in [4.69, 9.17) is 0 Å². The first-order valence-electron chi connectivity index (χ1n) is 11.8. The van der Waals surface area contributed by atoms with Gasteiger partial charge in [-0.05, 0) is 42.0 Å². The van der Waals surface area contributed by atoms with E-state index >= 15 is 0 Å². The topological polar surface area (TPSA) is 40.9 Å². The predicted molar refractivity (Wildman–Crippen MR) is 138 cm³/mol. The number of halogens is 3. The van der Waals surface area contributed by atoms with E-state index < -0.39 is 12.7 Å². The second-order valence-electron chi connectivity index (χ2n) is 9.04. The summed E-state index contributed by atoms with van der Waals surface area (Å²) in [6.45, 7) is 2.67. The molecular weight excluding hydrogens is 516 g/mol. The van der Waals surface area contributed by atoms with Gasteiger partial charge in [-0.1, -0.05) is 46.3 Å². The van der Waals surface area contributed by atoms with Gasteiger partial charge in [-0.2, -0.15) is 8.78 Å². The Hall–Kier alpha value is -2.52. The van der Waals surface area contributed by atoms with Gasteiger partial charge < -0.3 is 14.4 Å². The van der Waals surface area contributed by atoms with Crippen molar-refractivity contribution in [1.82, 2.24) is 14.4 Å². The highest BCUT2D eigenvalue weighted by Crippen LogP contribution is 2.31. The van der Waals surface area contributed by atoms with Crippen LogP contribution in [-0.4, -0.2) is 64.9 Å². The van der Waals surface area contributed by atoms with Crippen molar-refractivity contribution in [2.45, 2.75) is 25.8 Å². The van der Waals surface area contributed by atoms with Gasteiger partial charge in [0, 0.05) is 65.5 Å². The highest BCUT2D eigenvalue weighted by Gasteiger charge is 2.21. The van der Waals surface area contributed by atoms with Crippen LogP contribution in [0.15, 0.2) is 71.2 Å². The zero-order valence-electron chi connectivity index (χ0n) is 19.3. The molecule has 1 aromatic heterocycles. The Labute approximate surface area is 211 Å². The number of hydrogen-bond acceptors (Lipinski definition) is 4. The first-order chi connectivity index (χ1) is 17.0. The summed E-state index contributed by atoms with van der Waals surface area (Å²) in [6.07, 6.45) is -0.480. The maximum Gasteiger partial charge on any atom is 0.387 e. The van der Waals surface area contributed by atoms with Gasteiger partial charge in [0.1, 0.15) is 5.75 Å². The number of para-hydroxylation sites is 1. The van der Waals surface area contributed by atoms with Gasteiger partial charge in [0.05, 0.1) is 12.6 Å². The average Bonchev–Trinajstić information content (AvgIpc) is 3.14. The smallest absolute Gasteiger partial charge is 0.387 e. The minimum atomic E-state index is -2.80. The highest BCUT2D eigenvalue weighted by atomic mass is 79.9. The molecule has 0 bridgehead atoms. The molecule has 5 rings (SSSR count). The highest BCUT2D eigenvalue weighted by molar-refractivity contribution is 9.10. The van der Waals surface area contributed by atoms with Crippen LogP contribution in [0.4, 0.5) is 8.78 Å². The molecule has 0 unspecified atom stereocenters. The van der Waals surface area contributed by atoms with E-state index in [9.17, 15) is 13.9 Å². The van der Waals surface area contributed by atoms with Crippen LogP contribution in [0.1, 0.15) is 5.56 Å². The standard InChI is InChI=1S/C27H28BrF2N3O2/c28-20-7-10-26-24(15-20)23-3-1-2-4-25(23)33(26)18-21(34)17-32-13-11-31(12-14-32)16-19-5-8-22(9-6-19)35-27(29)30/h1-10,15,21,27,34H,11-14,16-18H2/t21-/m0/s1. The van der Waals surface area contributed by atoms with Crippen LogP contribution in [0.5, 0.6) is 5.75 Å². The van der Waals surface area contributed by atoms with Crippen molar-refractivity contribution >= 4 is 37.7 Å². The van der Waals surface area contributed by atoms with Gasteiger partial charge in [0.15, 0.2) is 0 Å². The molecule has 0 spiro atoms. The van der Waals surface area contributed by atoms with Crippen LogP contribution < -0.4 is 4.74 Å². The molecule has 0 radical (unpaired) electrons. The Kier molecular flexibility index (Phi) is 7.34. The summed E-state index contributed by atoms with van der Waals surface area (Å²) >= 11 is 3.58. The normalized spacial score (nSPS) is 16.4. The van der Waals surface area contributed by atoms with E-state index in [-0.39, 0.29) is 5.75 Å². The first kappa shape index (κ1) is 24.2. The van der Waals surface area contributed by atoms with Gasteiger partial charge in [0.2, 0.25) is 0 Å². The van der Waals surface area contributed by atoms with Crippen LogP contribution in [-0.2, 0) is 13.1 Å². The van der Waals surface area contributed by atoms with Crippen LogP contribution in [0, 0.1) is 0 Å². The Morgan fingerprint density at radius 1 is 0.829 bits per heavy atom. The average molecular weight is 544 g/mol. The third-order valence-electron chi connectivity index (χ3n) is 6.62. The Balaban J connectivity index is 1.17. The van der Waals surface area contributed by atoms with Crippen molar-refractivity contribution in [3.8, 4) is 5.75 Å². The molecule has 1 saturated heterocycles. The quantitative estimate of drug-likeness (QED) is 0.326. The summed E-state index contributed by atoms with van der Waals surface area (Å²) in [5.74, 6) is 0.179. The van der Waals surface area contributed by atoms with Crippen LogP contribution in [0.2, 0.25) is 0 Å². The maximum atomic E-state index is 12.3. The largest absolute Gasteiger partial charge is 0.435 e. The molecule has 0 amide bonds. The van der Waals surface area contributed by atoms with Gasteiger partial charge in [-0.25, -0.2) is 0 Å². The number of rotatable bonds is 8. The van der Waals surface area contributed by atoms with Crippen molar-refractivity contribution in [3.05, 3.63) is 76.8 Å². The number of hydrogen-bond donors (Lipinski definition) is 1. The zero-order chi connectivity index (χ0) is 24.4. The Bertz CT molecular complexity index is 1290. The molecule has 184 valence electrons. The van der Waals surface area contributed by atoms with E-state index in [1.807, 2.05) is 24.3 Å². The minimum Gasteiger partial charge on any atom is -0.435 e. The Morgan fingerprint density at radius 3 is 2.26 bits per heavy atom. The number of aromatic nitrogens is 1. The van der Waals surface area contributed by atoms with Crippen molar-refractivity contribution in [2.75, 3.05) is 32.7 Å². The lowest BCUT2D eigenvalue weighted by molar-refractivity contribution is -0.0498. The van der Waals surface area contributed by atoms with Crippen LogP contribution >= 0.6 is 15.9 Å². The Morgan fingerprint density at radius 2 is 1.51 bits per heavy atom. The van der Waals surface area contributed by atoms with Gasteiger partial charge in [0.25, 0.3) is 0 Å². The molecule has 0 aliphatic carbocycles. The SMILES string of the molecule is O[C@@H](CN1CCN(Cc2ccc(OC(F)F)cc2)CC1)Cn1c2ccccc2c2cc(Br)ccc21. The van der Waals surface area contributed by atoms with Crippen molar-refractivity contribution in [2.24, 2.45) is 0 Å². The lowest BCUT2D eigenvalue weighted by atomic mass is 10.2. The van der Waals surface area contributed by atoms with Crippen LogP contribution in [0.3, 0.4) is 0 Å². The summed E-state index contributed by atoms with van der Waals surface area (Å²) in [7, 11) is 0. The van der Waals surface area contributed by atoms with Gasteiger partial charge in [-0.15, -0.1) is 0 Å². The molecular formula is C27H28BrF2N3O2. The molecule has 1 atom stereocenters. The molecule has 5 nitrogen and oxygen atoms in total. The molecule has 1 aliphatic rings. The number of benzene rings is 3. The summed E-state index contributed by atoms with van der Waals surface area (Å²) in [5, 5.41) is 13.4. The lowest BCUT2D eigenvalue weighted by Gasteiger charge is -2.35. The maximum absolute atomic E-state index is 12.3. The van der Waals surface area contributed by atoms with Crippen molar-refractivity contribution in [3.63, 3.8) is 0 Å². The number of ether oxygens (including phenoxy) is 1. The molecule has 0 saturated carbocycles. The summed E-state index contributed by atoms with van der Waals surface area (Å²) in [5.41, 5.74) is 3.33. The van der Waals surface area contributed by atoms with Crippen LogP contribution in [0.25, 0.3) is 21.8 Å². The number of aliphatic hydroxyl groups is 1. The second kappa shape index (κ2) is 10.6. The summed E-state index contributed by atoms with van der Waals surface area (Å²) < 4.78 is 32.3. The van der Waals surface area contributed by atoms with Crippen molar-refractivity contribution in [1.29, 1.82) is 0 Å². The molecule has 8 heteroatoms. The fourth-order valence-electron chi connectivity index (χ4n) is 4.95. The molecule has 4 aromatic rings. The van der Waals surface area contributed by atoms with Gasteiger partial charge >= 0.3 is 6.61 Å². The number of β-amino-alcohol motifs (C(OH)–C–C–N with tert-alkyl or cyclic N) is 1. The molecule has 1 fully saturated rings. The second-order valence-corrected chi connectivity index (χ2v) is 9.96. The number of alkyl halides is 2. The molecule has 35 heavy (non-hydrogen) atoms. The third-order valence-corrected chi connectivity index (χ3v) is 7.11. The monoisotopic (exact) mass is 543 g/mol. The van der Waals surface area contributed by atoms with E-state index in [0.29, 0.717) is 13.1 Å². The number of fused-ring (bicyclic) bond motifs is 3.